The Morgan fingerprint density at radius 3 is 2.58 bits per heavy atom. The first-order chi connectivity index (χ1) is 18.9. The second-order valence-electron chi connectivity index (χ2n) is 10.3. The molecular formula is C29H28ClN5O4S. The molecule has 0 aliphatic heterocycles. The minimum absolute atomic E-state index is 0.303. The van der Waals surface area contributed by atoms with Crippen LogP contribution in [0.2, 0.25) is 5.02 Å². The largest absolute Gasteiger partial charge is 0.484 e. The highest BCUT2D eigenvalue weighted by Crippen LogP contribution is 2.37. The van der Waals surface area contributed by atoms with Gasteiger partial charge in [0.2, 0.25) is 0 Å². The van der Waals surface area contributed by atoms with Crippen molar-refractivity contribution in [1.29, 1.82) is 0 Å². The predicted octanol–water partition coefficient (Wildman–Crippen LogP) is 6.93. The number of rotatable bonds is 6. The topological polar surface area (TPSA) is 114 Å². The third-order valence-corrected chi connectivity index (χ3v) is 7.61. The van der Waals surface area contributed by atoms with Crippen LogP contribution < -0.4 is 10.5 Å². The van der Waals surface area contributed by atoms with Gasteiger partial charge in [-0.1, -0.05) is 35.9 Å². The van der Waals surface area contributed by atoms with E-state index in [2.05, 4.69) is 10.1 Å². The number of nitrogens with two attached hydrogens (primary N) is 1. The van der Waals surface area contributed by atoms with Gasteiger partial charge in [0.1, 0.15) is 33.7 Å². The quantitative estimate of drug-likeness (QED) is 0.234. The number of amides is 1. The van der Waals surface area contributed by atoms with E-state index in [9.17, 15) is 9.59 Å². The molecule has 0 aliphatic carbocycles. The average molecular weight is 578 g/mol. The van der Waals surface area contributed by atoms with Crippen molar-refractivity contribution < 1.29 is 19.1 Å². The van der Waals surface area contributed by atoms with Crippen LogP contribution in [0.25, 0.3) is 27.2 Å². The third-order valence-electron chi connectivity index (χ3n) is 6.13. The summed E-state index contributed by atoms with van der Waals surface area (Å²) in [6.45, 7) is 9.12. The number of imidazole rings is 1. The number of carbonyl (C=O) groups is 2. The molecule has 2 aromatic carbocycles. The fraction of sp³-hybridized carbons (Fsp3) is 0.241. The molecule has 9 nitrogen and oxygen atoms in total. The van der Waals surface area contributed by atoms with Crippen LogP contribution in [0.3, 0.4) is 0 Å². The van der Waals surface area contributed by atoms with Crippen molar-refractivity contribution in [2.24, 2.45) is 5.73 Å². The average Bonchev–Trinajstić information content (AvgIpc) is 3.59. The SMILES string of the molecule is Cc1nn(C(=O)OC(C)(C)C)cc1-c1ccc2c(c1)ncn2-c1cc(O[C@H](C)c2ccccc2Cl)c(C(N)=O)s1. The molecule has 0 bridgehead atoms. The number of hydrogen-bond donors (Lipinski definition) is 1. The lowest BCUT2D eigenvalue weighted by atomic mass is 10.1. The predicted molar refractivity (Wildman–Crippen MR) is 156 cm³/mol. The van der Waals surface area contributed by atoms with E-state index < -0.39 is 23.7 Å². The van der Waals surface area contributed by atoms with Gasteiger partial charge in [0, 0.05) is 28.4 Å². The van der Waals surface area contributed by atoms with Crippen LogP contribution in [0, 0.1) is 6.92 Å². The van der Waals surface area contributed by atoms with Crippen LogP contribution >= 0.6 is 22.9 Å². The summed E-state index contributed by atoms with van der Waals surface area (Å²) in [6, 6.07) is 15.0. The van der Waals surface area contributed by atoms with Crippen LogP contribution in [0.4, 0.5) is 4.79 Å². The zero-order chi connectivity index (χ0) is 28.8. The Morgan fingerprint density at radius 2 is 1.88 bits per heavy atom. The molecule has 40 heavy (non-hydrogen) atoms. The summed E-state index contributed by atoms with van der Waals surface area (Å²) in [7, 11) is 0. The van der Waals surface area contributed by atoms with Gasteiger partial charge in [-0.3, -0.25) is 9.36 Å². The molecule has 5 aromatic rings. The van der Waals surface area contributed by atoms with E-state index in [1.807, 2.05) is 54.8 Å². The van der Waals surface area contributed by atoms with E-state index in [-0.39, 0.29) is 0 Å². The normalized spacial score (nSPS) is 12.4. The molecule has 3 aromatic heterocycles. The van der Waals surface area contributed by atoms with E-state index in [4.69, 9.17) is 26.8 Å². The second-order valence-corrected chi connectivity index (χ2v) is 11.7. The van der Waals surface area contributed by atoms with Gasteiger partial charge in [-0.25, -0.2) is 9.78 Å². The Balaban J connectivity index is 1.46. The first kappa shape index (κ1) is 27.4. The molecular weight excluding hydrogens is 550 g/mol. The van der Waals surface area contributed by atoms with Crippen molar-refractivity contribution in [1.82, 2.24) is 19.3 Å². The van der Waals surface area contributed by atoms with Crippen LogP contribution in [0.1, 0.15) is 54.7 Å². The molecule has 0 radical (unpaired) electrons. The second kappa shape index (κ2) is 10.4. The van der Waals surface area contributed by atoms with E-state index in [1.54, 1.807) is 45.4 Å². The molecule has 5 rings (SSSR count). The van der Waals surface area contributed by atoms with Crippen molar-refractivity contribution in [3.8, 4) is 21.9 Å². The zero-order valence-corrected chi connectivity index (χ0v) is 24.2. The Kier molecular flexibility index (Phi) is 7.16. The summed E-state index contributed by atoms with van der Waals surface area (Å²) in [5.74, 6) is -0.203. The number of hydrogen-bond acceptors (Lipinski definition) is 7. The summed E-state index contributed by atoms with van der Waals surface area (Å²) in [4.78, 5) is 29.6. The molecule has 1 atom stereocenters. The highest BCUT2D eigenvalue weighted by Gasteiger charge is 2.22. The van der Waals surface area contributed by atoms with Crippen molar-refractivity contribution in [3.63, 3.8) is 0 Å². The Bertz CT molecular complexity index is 1750. The zero-order valence-electron chi connectivity index (χ0n) is 22.6. The van der Waals surface area contributed by atoms with Gasteiger partial charge < -0.3 is 15.2 Å². The summed E-state index contributed by atoms with van der Waals surface area (Å²) in [6.07, 6.45) is 2.39. The monoisotopic (exact) mass is 577 g/mol. The number of thiophene rings is 1. The first-order valence-electron chi connectivity index (χ1n) is 12.5. The van der Waals surface area contributed by atoms with E-state index in [0.29, 0.717) is 21.3 Å². The lowest BCUT2D eigenvalue weighted by Crippen LogP contribution is -2.27. The van der Waals surface area contributed by atoms with E-state index in [1.165, 1.54) is 16.0 Å². The minimum Gasteiger partial charge on any atom is -0.484 e. The Labute approximate surface area is 240 Å². The summed E-state index contributed by atoms with van der Waals surface area (Å²) < 4.78 is 14.7. The number of halogens is 1. The first-order valence-corrected chi connectivity index (χ1v) is 13.7. The Hall–Kier alpha value is -4.15. The van der Waals surface area contributed by atoms with E-state index in [0.717, 1.165) is 32.7 Å². The van der Waals surface area contributed by atoms with Gasteiger partial charge in [0.25, 0.3) is 5.91 Å². The van der Waals surface area contributed by atoms with Crippen molar-refractivity contribution >= 4 is 46.0 Å². The molecule has 0 aliphatic rings. The molecule has 3 heterocycles. The van der Waals surface area contributed by atoms with Gasteiger partial charge in [0.15, 0.2) is 0 Å². The molecule has 11 heteroatoms. The molecule has 0 spiro atoms. The minimum atomic E-state index is -0.628. The van der Waals surface area contributed by atoms with Gasteiger partial charge in [-0.15, -0.1) is 11.3 Å². The number of primary amides is 1. The van der Waals surface area contributed by atoms with Gasteiger partial charge in [-0.05, 0) is 58.4 Å². The number of fused-ring (bicyclic) bond motifs is 1. The Morgan fingerprint density at radius 1 is 1.12 bits per heavy atom. The van der Waals surface area contributed by atoms with E-state index >= 15 is 0 Å². The van der Waals surface area contributed by atoms with Crippen LogP contribution in [0.15, 0.2) is 61.1 Å². The molecule has 0 saturated heterocycles. The number of nitrogens with zero attached hydrogens (tertiary/aromatic N) is 4. The van der Waals surface area contributed by atoms with Crippen molar-refractivity contribution in [2.75, 3.05) is 0 Å². The molecule has 2 N–H and O–H groups in total. The highest BCUT2D eigenvalue weighted by atomic mass is 35.5. The maximum atomic E-state index is 12.5. The summed E-state index contributed by atoms with van der Waals surface area (Å²) in [5, 5.41) is 5.64. The number of carbonyl (C=O) groups excluding carboxylic acids is 2. The molecule has 0 saturated carbocycles. The summed E-state index contributed by atoms with van der Waals surface area (Å²) in [5.41, 5.74) is 9.74. The van der Waals surface area contributed by atoms with Gasteiger partial charge >= 0.3 is 6.09 Å². The lowest BCUT2D eigenvalue weighted by Gasteiger charge is -2.18. The number of benzene rings is 2. The maximum Gasteiger partial charge on any atom is 0.435 e. The third kappa shape index (κ3) is 5.45. The van der Waals surface area contributed by atoms with Gasteiger partial charge in [-0.2, -0.15) is 9.78 Å². The molecule has 206 valence electrons. The highest BCUT2D eigenvalue weighted by molar-refractivity contribution is 7.16. The summed E-state index contributed by atoms with van der Waals surface area (Å²) >= 11 is 7.56. The molecule has 1 amide bonds. The van der Waals surface area contributed by atoms with Crippen LogP contribution in [0.5, 0.6) is 5.75 Å². The van der Waals surface area contributed by atoms with Crippen LogP contribution in [-0.2, 0) is 4.74 Å². The number of aryl methyl sites for hydroxylation is 1. The van der Waals surface area contributed by atoms with Crippen LogP contribution in [-0.4, -0.2) is 36.9 Å². The fourth-order valence-electron chi connectivity index (χ4n) is 4.30. The standard InChI is InChI=1S/C29H28ClN5O4S/c1-16-20(14-35(33-16)28(37)39-29(3,4)5)18-10-11-23-22(12-18)32-15-34(23)25-13-24(26(40-25)27(31)36)38-17(2)19-8-6-7-9-21(19)30/h6-15,17H,1-5H3,(H2,31,36)/t17-/m1/s1. The molecule has 0 fully saturated rings. The lowest BCUT2D eigenvalue weighted by molar-refractivity contribution is 0.0514. The fourth-order valence-corrected chi connectivity index (χ4v) is 5.52. The van der Waals surface area contributed by atoms with Crippen molar-refractivity contribution in [2.45, 2.75) is 46.3 Å². The van der Waals surface area contributed by atoms with Crippen molar-refractivity contribution in [3.05, 3.63) is 82.2 Å². The maximum absolute atomic E-state index is 12.5. The number of aromatic nitrogens is 4. The molecule has 0 unspecified atom stereocenters. The van der Waals surface area contributed by atoms with Gasteiger partial charge in [0.05, 0.1) is 16.7 Å². The smallest absolute Gasteiger partial charge is 0.435 e. The number of ether oxygens (including phenoxy) is 2.